The van der Waals surface area contributed by atoms with Crippen LogP contribution in [0.3, 0.4) is 0 Å². The highest BCUT2D eigenvalue weighted by atomic mass is 16.5. The minimum absolute atomic E-state index is 0.664. The van der Waals surface area contributed by atoms with E-state index in [1.807, 2.05) is 6.92 Å². The maximum Gasteiger partial charge on any atom is 0.492 e. The third-order valence-electron chi connectivity index (χ3n) is 3.21. The summed E-state index contributed by atoms with van der Waals surface area (Å²) in [6, 6.07) is 1.71. The van der Waals surface area contributed by atoms with Gasteiger partial charge >= 0.3 is 7.12 Å². The summed E-state index contributed by atoms with van der Waals surface area (Å²) in [6.45, 7) is 8.64. The van der Waals surface area contributed by atoms with Crippen LogP contribution in [-0.2, 0) is 4.65 Å². The van der Waals surface area contributed by atoms with E-state index in [0.29, 0.717) is 5.46 Å². The lowest BCUT2D eigenvalue weighted by Crippen LogP contribution is -2.53. The van der Waals surface area contributed by atoms with Gasteiger partial charge in [0.25, 0.3) is 0 Å². The molecule has 1 heterocycles. The van der Waals surface area contributed by atoms with Crippen LogP contribution < -0.4 is 5.46 Å². The number of aliphatic hydroxyl groups is 1. The van der Waals surface area contributed by atoms with Crippen LogP contribution in [0.25, 0.3) is 0 Å². The largest absolute Gasteiger partial charge is 0.492 e. The van der Waals surface area contributed by atoms with E-state index in [1.165, 1.54) is 0 Å². The molecule has 0 bridgehead atoms. The lowest BCUT2D eigenvalue weighted by atomic mass is 9.75. The van der Waals surface area contributed by atoms with E-state index in [1.54, 1.807) is 46.2 Å². The highest BCUT2D eigenvalue weighted by molar-refractivity contribution is 6.60. The Morgan fingerprint density at radius 1 is 1.29 bits per heavy atom. The molecular formula is C12H20BNO3. The first-order valence-corrected chi connectivity index (χ1v) is 5.64. The lowest BCUT2D eigenvalue weighted by Gasteiger charge is -2.38. The van der Waals surface area contributed by atoms with Gasteiger partial charge in [-0.15, -0.1) is 0 Å². The van der Waals surface area contributed by atoms with Crippen LogP contribution >= 0.6 is 0 Å². The molecule has 5 heteroatoms. The summed E-state index contributed by atoms with van der Waals surface area (Å²) in [4.78, 5) is 3.96. The van der Waals surface area contributed by atoms with Gasteiger partial charge in [0.2, 0.25) is 0 Å². The summed E-state index contributed by atoms with van der Waals surface area (Å²) in [7, 11) is -1.07. The average molecular weight is 237 g/mol. The summed E-state index contributed by atoms with van der Waals surface area (Å²) in [6.07, 6.45) is 3.27. The zero-order chi connectivity index (χ0) is 13.3. The average Bonchev–Trinajstić information content (AvgIpc) is 2.15. The molecule has 94 valence electrons. The molecule has 0 radical (unpaired) electrons. The minimum atomic E-state index is -1.07. The fourth-order valence-corrected chi connectivity index (χ4v) is 1.25. The minimum Gasteiger partial charge on any atom is -0.423 e. The second-order valence-corrected chi connectivity index (χ2v) is 5.27. The van der Waals surface area contributed by atoms with Crippen LogP contribution in [0.15, 0.2) is 18.5 Å². The first kappa shape index (κ1) is 14.2. The summed E-state index contributed by atoms with van der Waals surface area (Å²) < 4.78 is 5.55. The molecule has 0 aliphatic rings. The van der Waals surface area contributed by atoms with E-state index in [4.69, 9.17) is 4.65 Å². The molecule has 2 N–H and O–H groups in total. The van der Waals surface area contributed by atoms with E-state index in [9.17, 15) is 10.1 Å². The van der Waals surface area contributed by atoms with Gasteiger partial charge in [-0.25, -0.2) is 0 Å². The van der Waals surface area contributed by atoms with Crippen molar-refractivity contribution >= 4 is 12.6 Å². The van der Waals surface area contributed by atoms with Crippen LogP contribution in [0.5, 0.6) is 0 Å². The molecule has 0 aliphatic carbocycles. The molecule has 0 aliphatic heterocycles. The van der Waals surface area contributed by atoms with Gasteiger partial charge in [0, 0.05) is 12.4 Å². The molecule has 0 unspecified atom stereocenters. The van der Waals surface area contributed by atoms with Crippen LogP contribution in [-0.4, -0.2) is 33.4 Å². The standard InChI is InChI=1S/C12H20BNO3/c1-9-8-14-7-6-10(9)13(16)17-12(4,5)11(2,3)15/h6-8,15-16H,1-5H3. The molecule has 0 fully saturated rings. The number of hydrogen-bond donors (Lipinski definition) is 2. The van der Waals surface area contributed by atoms with Crippen LogP contribution in [0.2, 0.25) is 0 Å². The van der Waals surface area contributed by atoms with Crippen molar-refractivity contribution in [1.82, 2.24) is 4.98 Å². The number of aromatic nitrogens is 1. The van der Waals surface area contributed by atoms with Gasteiger partial charge in [-0.05, 0) is 51.7 Å². The van der Waals surface area contributed by atoms with Gasteiger partial charge in [0.05, 0.1) is 11.2 Å². The normalized spacial score (nSPS) is 12.6. The van der Waals surface area contributed by atoms with E-state index < -0.39 is 18.3 Å². The summed E-state index contributed by atoms with van der Waals surface area (Å²) >= 11 is 0. The third-order valence-corrected chi connectivity index (χ3v) is 3.21. The van der Waals surface area contributed by atoms with Gasteiger partial charge in [-0.1, -0.05) is 0 Å². The number of aryl methyl sites for hydroxylation is 1. The Balaban J connectivity index is 2.87. The van der Waals surface area contributed by atoms with E-state index in [0.717, 1.165) is 5.56 Å². The quantitative estimate of drug-likeness (QED) is 0.754. The first-order valence-electron chi connectivity index (χ1n) is 5.64. The second-order valence-electron chi connectivity index (χ2n) is 5.27. The number of nitrogens with zero attached hydrogens (tertiary/aromatic N) is 1. The molecular weight excluding hydrogens is 217 g/mol. The van der Waals surface area contributed by atoms with E-state index >= 15 is 0 Å². The molecule has 1 aromatic rings. The maximum atomic E-state index is 10.0. The molecule has 1 aromatic heterocycles. The smallest absolute Gasteiger partial charge is 0.423 e. The fourth-order valence-electron chi connectivity index (χ4n) is 1.25. The Morgan fingerprint density at radius 2 is 1.88 bits per heavy atom. The molecule has 1 rings (SSSR count). The van der Waals surface area contributed by atoms with Crippen LogP contribution in [0, 0.1) is 6.92 Å². The van der Waals surface area contributed by atoms with E-state index in [2.05, 4.69) is 4.98 Å². The van der Waals surface area contributed by atoms with Gasteiger partial charge in [0.1, 0.15) is 0 Å². The molecule has 0 atom stereocenters. The zero-order valence-electron chi connectivity index (χ0n) is 11.1. The molecule has 17 heavy (non-hydrogen) atoms. The van der Waals surface area contributed by atoms with Crippen molar-refractivity contribution in [3.8, 4) is 0 Å². The second kappa shape index (κ2) is 4.76. The van der Waals surface area contributed by atoms with Crippen molar-refractivity contribution in [2.75, 3.05) is 0 Å². The van der Waals surface area contributed by atoms with Crippen LogP contribution in [0.4, 0.5) is 0 Å². The Kier molecular flexibility index (Phi) is 3.97. The van der Waals surface area contributed by atoms with Gasteiger partial charge in [0.15, 0.2) is 0 Å². The van der Waals surface area contributed by atoms with E-state index in [-0.39, 0.29) is 0 Å². The number of hydrogen-bond acceptors (Lipinski definition) is 4. The summed E-state index contributed by atoms with van der Waals surface area (Å²) in [5.41, 5.74) is -0.388. The lowest BCUT2D eigenvalue weighted by molar-refractivity contribution is -0.0982. The van der Waals surface area contributed by atoms with Crippen molar-refractivity contribution in [2.24, 2.45) is 0 Å². The molecule has 0 spiro atoms. The van der Waals surface area contributed by atoms with Crippen molar-refractivity contribution in [3.63, 3.8) is 0 Å². The topological polar surface area (TPSA) is 62.6 Å². The highest BCUT2D eigenvalue weighted by Gasteiger charge is 2.39. The first-order chi connectivity index (χ1) is 7.65. The zero-order valence-corrected chi connectivity index (χ0v) is 11.1. The SMILES string of the molecule is Cc1cnccc1B(O)OC(C)(C)C(C)(C)O. The summed E-state index contributed by atoms with van der Waals surface area (Å²) in [5.74, 6) is 0. The Morgan fingerprint density at radius 3 is 2.35 bits per heavy atom. The van der Waals surface area contributed by atoms with Gasteiger partial charge in [-0.3, -0.25) is 4.98 Å². The third kappa shape index (κ3) is 3.28. The van der Waals surface area contributed by atoms with Crippen molar-refractivity contribution < 1.29 is 14.8 Å². The molecule has 0 aromatic carbocycles. The Hall–Kier alpha value is -0.905. The van der Waals surface area contributed by atoms with Gasteiger partial charge in [-0.2, -0.15) is 0 Å². The van der Waals surface area contributed by atoms with Crippen molar-refractivity contribution in [2.45, 2.75) is 45.8 Å². The van der Waals surface area contributed by atoms with Crippen molar-refractivity contribution in [3.05, 3.63) is 24.0 Å². The predicted octanol–water partition coefficient (Wildman–Crippen LogP) is 0.644. The molecule has 0 amide bonds. The van der Waals surface area contributed by atoms with Crippen molar-refractivity contribution in [1.29, 1.82) is 0 Å². The van der Waals surface area contributed by atoms with Gasteiger partial charge < -0.3 is 14.8 Å². The monoisotopic (exact) mass is 237 g/mol. The Bertz CT molecular complexity index is 388. The maximum absolute atomic E-state index is 10.0. The number of rotatable bonds is 4. The van der Waals surface area contributed by atoms with Crippen LogP contribution in [0.1, 0.15) is 33.3 Å². The Labute approximate surface area is 103 Å². The fraction of sp³-hybridized carbons (Fsp3) is 0.583. The molecule has 0 saturated carbocycles. The summed E-state index contributed by atoms with van der Waals surface area (Å²) in [5, 5.41) is 20.0. The molecule has 4 nitrogen and oxygen atoms in total. The molecule has 0 saturated heterocycles. The number of pyridine rings is 1. The predicted molar refractivity (Wildman–Crippen MR) is 68.0 cm³/mol. The highest BCUT2D eigenvalue weighted by Crippen LogP contribution is 2.25.